The number of aliphatic imine (C=N–C) groups is 2. The Labute approximate surface area is 104 Å². The predicted molar refractivity (Wildman–Crippen MR) is 76.5 cm³/mol. The molecule has 0 amide bonds. The molecule has 2 heteroatoms. The van der Waals surface area contributed by atoms with Crippen LogP contribution in [0.5, 0.6) is 0 Å². The lowest BCUT2D eigenvalue weighted by atomic mass is 10.2. The molecule has 1 rings (SSSR count). The van der Waals surface area contributed by atoms with Gasteiger partial charge in [-0.05, 0) is 38.5 Å². The first-order valence-electron chi connectivity index (χ1n) is 5.98. The lowest BCUT2D eigenvalue weighted by molar-refractivity contribution is 1.23. The molecule has 0 heterocycles. The Kier molecular flexibility index (Phi) is 5.34. The quantitative estimate of drug-likeness (QED) is 0.538. The first-order chi connectivity index (χ1) is 8.17. The Bertz CT molecular complexity index is 454. The molecule has 1 aromatic carbocycles. The van der Waals surface area contributed by atoms with Gasteiger partial charge in [0.15, 0.2) is 0 Å². The van der Waals surface area contributed by atoms with Crippen molar-refractivity contribution in [2.45, 2.75) is 34.1 Å². The Hall–Kier alpha value is -1.70. The average Bonchev–Trinajstić information content (AvgIpc) is 2.31. The monoisotopic (exact) mass is 228 g/mol. The normalized spacial score (nSPS) is 13.4. The number of aryl methyl sites for hydroxylation is 1. The van der Waals surface area contributed by atoms with Gasteiger partial charge in [0.1, 0.15) is 5.84 Å². The number of benzene rings is 1. The van der Waals surface area contributed by atoms with Crippen LogP contribution in [0, 0.1) is 6.92 Å². The summed E-state index contributed by atoms with van der Waals surface area (Å²) in [6, 6.07) is 8.11. The maximum atomic E-state index is 4.59. The van der Waals surface area contributed by atoms with Crippen LogP contribution >= 0.6 is 0 Å². The maximum absolute atomic E-state index is 4.59. The van der Waals surface area contributed by atoms with E-state index in [0.29, 0.717) is 0 Å². The molecule has 0 aliphatic carbocycles. The highest BCUT2D eigenvalue weighted by atomic mass is 14.9. The standard InChI is InChI=1S/C15H20N2/c1-5-9-13(4)16-15(6-2)17-14-11-8-7-10-12(14)3/h5,7-11H,6H2,1-4H3/b9-5-,16-13-,17-15+. The van der Waals surface area contributed by atoms with Gasteiger partial charge in [0.25, 0.3) is 0 Å². The number of nitrogens with zero attached hydrogens (tertiary/aromatic N) is 2. The number of rotatable bonds is 3. The minimum Gasteiger partial charge on any atom is -0.238 e. The van der Waals surface area contributed by atoms with E-state index in [2.05, 4.69) is 29.9 Å². The fraction of sp³-hybridized carbons (Fsp3) is 0.333. The first kappa shape index (κ1) is 13.4. The molecule has 0 N–H and O–H groups in total. The van der Waals surface area contributed by atoms with Crippen LogP contribution in [0.4, 0.5) is 5.69 Å². The third kappa shape index (κ3) is 4.35. The van der Waals surface area contributed by atoms with Crippen LogP contribution in [0.2, 0.25) is 0 Å². The maximum Gasteiger partial charge on any atom is 0.128 e. The molecule has 0 aliphatic rings. The topological polar surface area (TPSA) is 24.7 Å². The number of hydrogen-bond acceptors (Lipinski definition) is 1. The fourth-order valence-corrected chi connectivity index (χ4v) is 1.49. The Morgan fingerprint density at radius 3 is 2.59 bits per heavy atom. The zero-order chi connectivity index (χ0) is 12.7. The zero-order valence-corrected chi connectivity index (χ0v) is 11.1. The molecule has 0 unspecified atom stereocenters. The summed E-state index contributed by atoms with van der Waals surface area (Å²) in [6.07, 6.45) is 4.81. The van der Waals surface area contributed by atoms with E-state index >= 15 is 0 Å². The van der Waals surface area contributed by atoms with Crippen molar-refractivity contribution in [3.8, 4) is 0 Å². The summed E-state index contributed by atoms with van der Waals surface area (Å²) in [5.41, 5.74) is 3.17. The van der Waals surface area contributed by atoms with Crippen LogP contribution in [-0.4, -0.2) is 11.5 Å². The van der Waals surface area contributed by atoms with Crippen LogP contribution in [0.25, 0.3) is 0 Å². The average molecular weight is 228 g/mol. The predicted octanol–water partition coefficient (Wildman–Crippen LogP) is 4.47. The molecule has 0 radical (unpaired) electrons. The molecular weight excluding hydrogens is 208 g/mol. The van der Waals surface area contributed by atoms with E-state index in [0.717, 1.165) is 23.7 Å². The van der Waals surface area contributed by atoms with Gasteiger partial charge >= 0.3 is 0 Å². The molecule has 0 spiro atoms. The van der Waals surface area contributed by atoms with E-state index in [1.807, 2.05) is 44.2 Å². The van der Waals surface area contributed by atoms with Gasteiger partial charge in [-0.3, -0.25) is 0 Å². The Morgan fingerprint density at radius 1 is 1.29 bits per heavy atom. The molecular formula is C15H20N2. The van der Waals surface area contributed by atoms with E-state index in [9.17, 15) is 0 Å². The van der Waals surface area contributed by atoms with E-state index in [4.69, 9.17) is 0 Å². The van der Waals surface area contributed by atoms with E-state index in [-0.39, 0.29) is 0 Å². The lowest BCUT2D eigenvalue weighted by Crippen LogP contribution is -1.96. The first-order valence-corrected chi connectivity index (χ1v) is 5.98. The molecule has 0 aromatic heterocycles. The van der Waals surface area contributed by atoms with Crippen molar-refractivity contribution in [1.29, 1.82) is 0 Å². The smallest absolute Gasteiger partial charge is 0.128 e. The summed E-state index contributed by atoms with van der Waals surface area (Å²) in [7, 11) is 0. The van der Waals surface area contributed by atoms with Crippen LogP contribution in [0.1, 0.15) is 32.8 Å². The van der Waals surface area contributed by atoms with E-state index < -0.39 is 0 Å². The van der Waals surface area contributed by atoms with Gasteiger partial charge in [-0.15, -0.1) is 0 Å². The van der Waals surface area contributed by atoms with Crippen molar-refractivity contribution >= 4 is 17.2 Å². The molecule has 0 fully saturated rings. The third-order valence-corrected chi connectivity index (χ3v) is 2.39. The molecule has 0 saturated carbocycles. The Balaban J connectivity index is 3.03. The summed E-state index contributed by atoms with van der Waals surface area (Å²) in [4.78, 5) is 9.10. The van der Waals surface area contributed by atoms with Gasteiger partial charge in [-0.2, -0.15) is 0 Å². The van der Waals surface area contributed by atoms with Crippen molar-refractivity contribution in [1.82, 2.24) is 0 Å². The zero-order valence-electron chi connectivity index (χ0n) is 11.1. The molecule has 0 atom stereocenters. The van der Waals surface area contributed by atoms with Crippen molar-refractivity contribution in [2.75, 3.05) is 0 Å². The highest BCUT2D eigenvalue weighted by Crippen LogP contribution is 2.18. The minimum absolute atomic E-state index is 0.837. The van der Waals surface area contributed by atoms with E-state index in [1.54, 1.807) is 0 Å². The van der Waals surface area contributed by atoms with Crippen molar-refractivity contribution in [3.63, 3.8) is 0 Å². The summed E-state index contributed by atoms with van der Waals surface area (Å²) in [5.74, 6) is 0.870. The lowest BCUT2D eigenvalue weighted by Gasteiger charge is -2.02. The third-order valence-electron chi connectivity index (χ3n) is 2.39. The Morgan fingerprint density at radius 2 is 2.00 bits per heavy atom. The van der Waals surface area contributed by atoms with Gasteiger partial charge in [0.05, 0.1) is 5.69 Å². The summed E-state index contributed by atoms with van der Waals surface area (Å²) < 4.78 is 0. The molecule has 90 valence electrons. The second-order valence-corrected chi connectivity index (χ2v) is 3.92. The molecule has 0 bridgehead atoms. The fourth-order valence-electron chi connectivity index (χ4n) is 1.49. The molecule has 0 aliphatic heterocycles. The van der Waals surface area contributed by atoms with Crippen molar-refractivity contribution in [2.24, 2.45) is 9.98 Å². The number of allylic oxidation sites excluding steroid dienone is 2. The second kappa shape index (κ2) is 6.79. The minimum atomic E-state index is 0.837. The SMILES string of the molecule is C\C=C/C(C)=N\C(CC)=N\c1ccccc1C. The molecule has 2 nitrogen and oxygen atoms in total. The number of para-hydroxylation sites is 1. The van der Waals surface area contributed by atoms with Crippen molar-refractivity contribution < 1.29 is 0 Å². The number of amidine groups is 1. The van der Waals surface area contributed by atoms with Crippen LogP contribution in [0.15, 0.2) is 46.4 Å². The molecule has 17 heavy (non-hydrogen) atoms. The van der Waals surface area contributed by atoms with Gasteiger partial charge in [0.2, 0.25) is 0 Å². The van der Waals surface area contributed by atoms with Gasteiger partial charge < -0.3 is 0 Å². The summed E-state index contributed by atoms with van der Waals surface area (Å²) in [5, 5.41) is 0. The number of hydrogen-bond donors (Lipinski definition) is 0. The molecule has 1 aromatic rings. The highest BCUT2D eigenvalue weighted by molar-refractivity contribution is 6.03. The summed E-state index contributed by atoms with van der Waals surface area (Å²) in [6.45, 7) is 8.12. The van der Waals surface area contributed by atoms with Gasteiger partial charge in [-0.1, -0.05) is 31.2 Å². The largest absolute Gasteiger partial charge is 0.238 e. The van der Waals surface area contributed by atoms with Gasteiger partial charge in [-0.25, -0.2) is 9.98 Å². The second-order valence-electron chi connectivity index (χ2n) is 3.92. The van der Waals surface area contributed by atoms with Crippen LogP contribution in [-0.2, 0) is 0 Å². The van der Waals surface area contributed by atoms with Crippen molar-refractivity contribution in [3.05, 3.63) is 42.0 Å². The van der Waals surface area contributed by atoms with E-state index in [1.165, 1.54) is 5.56 Å². The van der Waals surface area contributed by atoms with Gasteiger partial charge in [0, 0.05) is 12.1 Å². The van der Waals surface area contributed by atoms with Crippen LogP contribution < -0.4 is 0 Å². The highest BCUT2D eigenvalue weighted by Gasteiger charge is 1.98. The summed E-state index contributed by atoms with van der Waals surface area (Å²) >= 11 is 0. The van der Waals surface area contributed by atoms with Crippen LogP contribution in [0.3, 0.4) is 0 Å². The molecule has 0 saturated heterocycles.